The summed E-state index contributed by atoms with van der Waals surface area (Å²) in [6, 6.07) is 18.4. The number of hydrogen-bond acceptors (Lipinski definition) is 0. The largest absolute Gasteiger partial charge is 0.326 e. The molecule has 1 nitrogen and oxygen atoms in total. The predicted octanol–water partition coefficient (Wildman–Crippen LogP) is 5.49. The van der Waals surface area contributed by atoms with Crippen molar-refractivity contribution in [1.29, 1.82) is 0 Å². The summed E-state index contributed by atoms with van der Waals surface area (Å²) in [5.74, 6) is 0. The highest BCUT2D eigenvalue weighted by Crippen LogP contribution is 2.37. The van der Waals surface area contributed by atoms with Gasteiger partial charge in [-0.05, 0) is 36.5 Å². The van der Waals surface area contributed by atoms with Crippen molar-refractivity contribution in [3.05, 3.63) is 70.8 Å². The minimum absolute atomic E-state index is 0.355. The fraction of sp³-hybridized carbons (Fsp3) is 0.500. The van der Waals surface area contributed by atoms with Crippen molar-refractivity contribution in [2.75, 3.05) is 26.7 Å². The first-order valence-electron chi connectivity index (χ1n) is 9.91. The number of hydrogen-bond donors (Lipinski definition) is 0. The smallest absolute Gasteiger partial charge is 0.0793 e. The Morgan fingerprint density at radius 1 is 0.880 bits per heavy atom. The molecule has 1 heterocycles. The van der Waals surface area contributed by atoms with Crippen LogP contribution in [0.5, 0.6) is 0 Å². The average molecular weight is 337 g/mol. The number of quaternary nitrogens is 1. The van der Waals surface area contributed by atoms with E-state index in [1.165, 1.54) is 65.6 Å². The van der Waals surface area contributed by atoms with E-state index in [1.807, 2.05) is 0 Å². The summed E-state index contributed by atoms with van der Waals surface area (Å²) >= 11 is 0. The quantitative estimate of drug-likeness (QED) is 0.633. The molecule has 0 bridgehead atoms. The topological polar surface area (TPSA) is 0 Å². The van der Waals surface area contributed by atoms with E-state index in [0.717, 1.165) is 6.42 Å². The maximum atomic E-state index is 2.47. The lowest BCUT2D eigenvalue weighted by Crippen LogP contribution is -2.53. The van der Waals surface area contributed by atoms with Gasteiger partial charge in [0.1, 0.15) is 0 Å². The van der Waals surface area contributed by atoms with E-state index in [9.17, 15) is 0 Å². The van der Waals surface area contributed by atoms with Crippen molar-refractivity contribution in [2.45, 2.75) is 51.9 Å². The molecular weight excluding hydrogens is 302 g/mol. The molecule has 1 heteroatoms. The molecule has 3 rings (SSSR count). The highest BCUT2D eigenvalue weighted by atomic mass is 15.3. The maximum Gasteiger partial charge on any atom is 0.0793 e. The van der Waals surface area contributed by atoms with Crippen LogP contribution in [0.3, 0.4) is 0 Å². The van der Waals surface area contributed by atoms with E-state index in [0.29, 0.717) is 5.41 Å². The average Bonchev–Trinajstić information content (AvgIpc) is 2.61. The first-order chi connectivity index (χ1) is 11.9. The van der Waals surface area contributed by atoms with Crippen LogP contribution in [0.1, 0.15) is 55.4 Å². The molecule has 0 unspecified atom stereocenters. The van der Waals surface area contributed by atoms with Crippen molar-refractivity contribution < 1.29 is 4.48 Å². The highest BCUT2D eigenvalue weighted by molar-refractivity contribution is 5.33. The maximum absolute atomic E-state index is 2.47. The summed E-state index contributed by atoms with van der Waals surface area (Å²) in [7, 11) is 2.44. The Labute approximate surface area is 154 Å². The summed E-state index contributed by atoms with van der Waals surface area (Å²) < 4.78 is 1.26. The number of piperidine rings is 1. The van der Waals surface area contributed by atoms with Gasteiger partial charge < -0.3 is 4.48 Å². The molecule has 1 aliphatic rings. The molecule has 2 aromatic carbocycles. The molecule has 25 heavy (non-hydrogen) atoms. The van der Waals surface area contributed by atoms with E-state index < -0.39 is 0 Å². The van der Waals surface area contributed by atoms with E-state index in [4.69, 9.17) is 0 Å². The Kier molecular flexibility index (Phi) is 5.34. The van der Waals surface area contributed by atoms with Crippen molar-refractivity contribution in [3.63, 3.8) is 0 Å². The van der Waals surface area contributed by atoms with Crippen molar-refractivity contribution in [3.8, 4) is 0 Å². The molecule has 0 spiro atoms. The minimum atomic E-state index is 0.355. The van der Waals surface area contributed by atoms with Gasteiger partial charge in [-0.2, -0.15) is 0 Å². The lowest BCUT2D eigenvalue weighted by Gasteiger charge is -2.45. The van der Waals surface area contributed by atoms with Crippen LogP contribution in [0.2, 0.25) is 0 Å². The molecule has 1 aliphatic heterocycles. The lowest BCUT2D eigenvalue weighted by atomic mass is 9.73. The van der Waals surface area contributed by atoms with Gasteiger partial charge in [-0.15, -0.1) is 0 Å². The predicted molar refractivity (Wildman–Crippen MR) is 108 cm³/mol. The van der Waals surface area contributed by atoms with Gasteiger partial charge in [0, 0.05) is 18.3 Å². The number of likely N-dealkylation sites (tertiary alicyclic amines) is 1. The summed E-state index contributed by atoms with van der Waals surface area (Å²) in [5, 5.41) is 0. The van der Waals surface area contributed by atoms with Crippen LogP contribution in [0.4, 0.5) is 0 Å². The number of benzene rings is 2. The van der Waals surface area contributed by atoms with Crippen LogP contribution in [-0.4, -0.2) is 31.2 Å². The second kappa shape index (κ2) is 7.33. The SMILES string of the molecule is CCC[N+]1(C)CCC(C)(c2ccc(Cc3ccc(C)cc3)cc2)CC1. The van der Waals surface area contributed by atoms with Crippen LogP contribution >= 0.6 is 0 Å². The van der Waals surface area contributed by atoms with Gasteiger partial charge in [0.25, 0.3) is 0 Å². The third-order valence-corrected chi connectivity index (χ3v) is 6.35. The molecule has 1 fully saturated rings. The van der Waals surface area contributed by atoms with Gasteiger partial charge in [0.15, 0.2) is 0 Å². The van der Waals surface area contributed by atoms with E-state index in [-0.39, 0.29) is 0 Å². The molecule has 2 aromatic rings. The standard InChI is InChI=1S/C24H34N/c1-5-16-25(4)17-14-24(3,15-18-25)23-12-10-22(11-13-23)19-21-8-6-20(2)7-9-21/h6-13H,5,14-19H2,1-4H3/q+1. The Morgan fingerprint density at radius 2 is 1.40 bits per heavy atom. The Balaban J connectivity index is 1.67. The zero-order valence-corrected chi connectivity index (χ0v) is 16.5. The fourth-order valence-corrected chi connectivity index (χ4v) is 4.29. The Hall–Kier alpha value is -1.60. The van der Waals surface area contributed by atoms with E-state index in [1.54, 1.807) is 0 Å². The molecule has 0 amide bonds. The molecule has 0 aliphatic carbocycles. The monoisotopic (exact) mass is 336 g/mol. The van der Waals surface area contributed by atoms with Crippen LogP contribution in [0.25, 0.3) is 0 Å². The van der Waals surface area contributed by atoms with Gasteiger partial charge in [-0.25, -0.2) is 0 Å². The molecule has 1 saturated heterocycles. The minimum Gasteiger partial charge on any atom is -0.326 e. The Morgan fingerprint density at radius 3 is 1.92 bits per heavy atom. The van der Waals surface area contributed by atoms with E-state index >= 15 is 0 Å². The summed E-state index contributed by atoms with van der Waals surface area (Å²) in [5.41, 5.74) is 6.03. The number of rotatable bonds is 5. The lowest BCUT2D eigenvalue weighted by molar-refractivity contribution is -0.915. The molecular formula is C24H34N+. The first-order valence-corrected chi connectivity index (χ1v) is 9.91. The summed E-state index contributed by atoms with van der Waals surface area (Å²) in [6.45, 7) is 10.9. The zero-order valence-electron chi connectivity index (χ0n) is 16.5. The van der Waals surface area contributed by atoms with Gasteiger partial charge >= 0.3 is 0 Å². The van der Waals surface area contributed by atoms with Gasteiger partial charge in [0.2, 0.25) is 0 Å². The molecule has 0 saturated carbocycles. The number of nitrogens with zero attached hydrogens (tertiary/aromatic N) is 1. The van der Waals surface area contributed by atoms with Crippen molar-refractivity contribution in [2.24, 2.45) is 0 Å². The Bertz CT molecular complexity index is 673. The van der Waals surface area contributed by atoms with Crippen LogP contribution in [0, 0.1) is 6.92 Å². The second-order valence-corrected chi connectivity index (χ2v) is 8.71. The highest BCUT2D eigenvalue weighted by Gasteiger charge is 2.37. The second-order valence-electron chi connectivity index (χ2n) is 8.71. The van der Waals surface area contributed by atoms with Gasteiger partial charge in [-0.1, -0.05) is 67.9 Å². The molecule has 0 radical (unpaired) electrons. The van der Waals surface area contributed by atoms with Crippen molar-refractivity contribution in [1.82, 2.24) is 0 Å². The number of aryl methyl sites for hydroxylation is 1. The van der Waals surface area contributed by atoms with Crippen LogP contribution in [0.15, 0.2) is 48.5 Å². The normalized spacial score (nSPS) is 26.6. The summed E-state index contributed by atoms with van der Waals surface area (Å²) in [6.07, 6.45) is 4.94. The van der Waals surface area contributed by atoms with Crippen LogP contribution < -0.4 is 0 Å². The van der Waals surface area contributed by atoms with Gasteiger partial charge in [-0.3, -0.25) is 0 Å². The molecule has 0 atom stereocenters. The van der Waals surface area contributed by atoms with Gasteiger partial charge in [0.05, 0.1) is 26.7 Å². The molecule has 0 N–H and O–H groups in total. The van der Waals surface area contributed by atoms with Crippen LogP contribution in [-0.2, 0) is 11.8 Å². The summed E-state index contributed by atoms with van der Waals surface area (Å²) in [4.78, 5) is 0. The van der Waals surface area contributed by atoms with E-state index in [2.05, 4.69) is 76.3 Å². The third-order valence-electron chi connectivity index (χ3n) is 6.35. The molecule has 134 valence electrons. The first kappa shape index (κ1) is 18.2. The third kappa shape index (κ3) is 4.33. The molecule has 0 aromatic heterocycles. The zero-order chi connectivity index (χ0) is 17.9. The fourth-order valence-electron chi connectivity index (χ4n) is 4.29. The van der Waals surface area contributed by atoms with Crippen molar-refractivity contribution >= 4 is 0 Å².